The van der Waals surface area contributed by atoms with Crippen molar-refractivity contribution in [3.8, 4) is 0 Å². The van der Waals surface area contributed by atoms with Gasteiger partial charge in [-0.1, -0.05) is 0 Å². The first-order valence-corrected chi connectivity index (χ1v) is 11.7. The van der Waals surface area contributed by atoms with Crippen molar-refractivity contribution in [1.82, 2.24) is 19.9 Å². The van der Waals surface area contributed by atoms with Crippen LogP contribution in [0.1, 0.15) is 64.1 Å². The predicted octanol–water partition coefficient (Wildman–Crippen LogP) is 5.19. The molecule has 2 N–H and O–H groups in total. The quantitative estimate of drug-likeness (QED) is 0.518. The topological polar surface area (TPSA) is 78.3 Å². The Bertz CT molecular complexity index is 923. The molecular weight excluding hydrogens is 476 g/mol. The lowest BCUT2D eigenvalue weighted by Crippen LogP contribution is -2.36. The molecule has 0 amide bonds. The van der Waals surface area contributed by atoms with E-state index in [1.807, 2.05) is 0 Å². The van der Waals surface area contributed by atoms with Gasteiger partial charge < -0.3 is 15.5 Å². The van der Waals surface area contributed by atoms with Crippen molar-refractivity contribution in [3.63, 3.8) is 0 Å². The van der Waals surface area contributed by atoms with E-state index in [-0.39, 0.29) is 99.1 Å². The first-order valence-electron chi connectivity index (χ1n) is 11.7. The molecule has 1 aromatic rings. The molecule has 3 aliphatic rings. The summed E-state index contributed by atoms with van der Waals surface area (Å²) < 4.78 is 82.2. The van der Waals surface area contributed by atoms with Crippen LogP contribution >= 0.6 is 0 Å². The summed E-state index contributed by atoms with van der Waals surface area (Å²) in [6.45, 7) is 0.689. The third-order valence-electron chi connectivity index (χ3n) is 6.47. The van der Waals surface area contributed by atoms with E-state index >= 15 is 0 Å². The van der Waals surface area contributed by atoms with Crippen molar-refractivity contribution in [2.24, 2.45) is 4.99 Å². The zero-order valence-electron chi connectivity index (χ0n) is 19.6. The van der Waals surface area contributed by atoms with Crippen LogP contribution in [0, 0.1) is 0 Å². The minimum Gasteiger partial charge on any atom is -0.373 e. The van der Waals surface area contributed by atoms with Crippen LogP contribution < -0.4 is 10.6 Å². The smallest absolute Gasteiger partial charge is 0.285 e. The van der Waals surface area contributed by atoms with Gasteiger partial charge in [0, 0.05) is 57.9 Å². The number of anilines is 2. The van der Waals surface area contributed by atoms with Gasteiger partial charge in [0.2, 0.25) is 23.7 Å². The van der Waals surface area contributed by atoms with Crippen LogP contribution in [0.4, 0.5) is 38.2 Å². The summed E-state index contributed by atoms with van der Waals surface area (Å²) in [7, 11) is 1.62. The first kappa shape index (κ1) is 25.5. The third kappa shape index (κ3) is 6.75. The van der Waals surface area contributed by atoms with Crippen LogP contribution in [0.3, 0.4) is 0 Å². The van der Waals surface area contributed by atoms with Crippen molar-refractivity contribution >= 4 is 23.3 Å². The summed E-state index contributed by atoms with van der Waals surface area (Å²) in [5.74, 6) is -8.37. The summed E-state index contributed by atoms with van der Waals surface area (Å²) in [5.41, 5.74) is -0.264. The molecule has 2 heterocycles. The minimum atomic E-state index is -3.15. The van der Waals surface area contributed by atoms with Gasteiger partial charge in [0.15, 0.2) is 5.82 Å². The van der Waals surface area contributed by atoms with E-state index in [0.717, 1.165) is 6.92 Å². The number of aromatic nitrogens is 3. The van der Waals surface area contributed by atoms with Gasteiger partial charge in [0.05, 0.1) is 6.54 Å². The van der Waals surface area contributed by atoms with E-state index in [1.165, 1.54) is 11.1 Å². The second-order valence-corrected chi connectivity index (χ2v) is 9.73. The molecule has 7 nitrogen and oxygen atoms in total. The molecule has 0 atom stereocenters. The summed E-state index contributed by atoms with van der Waals surface area (Å²) in [5, 5.41) is 6.10. The molecule has 0 spiro atoms. The van der Waals surface area contributed by atoms with Crippen LogP contribution in [0.25, 0.3) is 5.70 Å². The summed E-state index contributed by atoms with van der Waals surface area (Å²) >= 11 is 0. The van der Waals surface area contributed by atoms with Crippen molar-refractivity contribution in [1.29, 1.82) is 0 Å². The molecular formula is C22H29F6N7. The van der Waals surface area contributed by atoms with E-state index in [2.05, 4.69) is 30.6 Å². The molecule has 0 bridgehead atoms. The average Bonchev–Trinajstić information content (AvgIpc) is 2.76. The molecule has 0 radical (unpaired) electrons. The number of nitrogens with zero attached hydrogens (tertiary/aromatic N) is 5. The first-order chi connectivity index (χ1) is 16.3. The highest BCUT2D eigenvalue weighted by Crippen LogP contribution is 2.35. The number of halogens is 6. The van der Waals surface area contributed by atoms with Gasteiger partial charge in [-0.05, 0) is 25.7 Å². The molecule has 2 aliphatic carbocycles. The zero-order chi connectivity index (χ0) is 25.4. The van der Waals surface area contributed by atoms with E-state index in [4.69, 9.17) is 0 Å². The van der Waals surface area contributed by atoms with E-state index < -0.39 is 17.8 Å². The molecule has 2 fully saturated rings. The van der Waals surface area contributed by atoms with E-state index in [1.54, 1.807) is 7.05 Å². The van der Waals surface area contributed by atoms with Crippen molar-refractivity contribution in [3.05, 3.63) is 12.0 Å². The molecule has 1 aromatic heterocycles. The minimum absolute atomic E-state index is 0.0144. The maximum absolute atomic E-state index is 14.0. The number of nitrogens with one attached hydrogen (secondary N) is 2. The highest BCUT2D eigenvalue weighted by Gasteiger charge is 2.37. The lowest BCUT2D eigenvalue weighted by molar-refractivity contribution is -0.0366. The predicted molar refractivity (Wildman–Crippen MR) is 120 cm³/mol. The van der Waals surface area contributed by atoms with Crippen LogP contribution in [-0.4, -0.2) is 69.0 Å². The standard InChI is InChI=1S/C22H29F6N7/c1-20(23,24)16-12-35(2)11-15(31-16)17-32-18(29-13-3-7-21(25,26)8-4-13)34-19(33-17)30-14-5-9-22(27,28)10-6-14/h11,13-14H,3-10,12H2,1-2H3,(H2,29,30,32,33,34). The molecule has 2 saturated carbocycles. The fourth-order valence-corrected chi connectivity index (χ4v) is 4.40. The van der Waals surface area contributed by atoms with Gasteiger partial charge in [0.25, 0.3) is 5.92 Å². The maximum atomic E-state index is 14.0. The Balaban J connectivity index is 1.60. The van der Waals surface area contributed by atoms with Crippen LogP contribution in [0.15, 0.2) is 11.2 Å². The van der Waals surface area contributed by atoms with Gasteiger partial charge in [-0.15, -0.1) is 0 Å². The van der Waals surface area contributed by atoms with Crippen LogP contribution in [-0.2, 0) is 0 Å². The lowest BCUT2D eigenvalue weighted by atomic mass is 9.92. The SMILES string of the molecule is CN1C=C(c2nc(NC3CCC(F)(F)CC3)nc(NC3CCC(F)(F)CC3)n2)N=C(C(C)(F)F)C1. The van der Waals surface area contributed by atoms with E-state index in [0.29, 0.717) is 0 Å². The fourth-order valence-electron chi connectivity index (χ4n) is 4.40. The van der Waals surface area contributed by atoms with Crippen LogP contribution in [0.5, 0.6) is 0 Å². The Kier molecular flexibility index (Phi) is 6.89. The highest BCUT2D eigenvalue weighted by molar-refractivity contribution is 5.97. The third-order valence-corrected chi connectivity index (χ3v) is 6.47. The lowest BCUT2D eigenvalue weighted by Gasteiger charge is -2.30. The second-order valence-electron chi connectivity index (χ2n) is 9.73. The molecule has 13 heteroatoms. The number of aliphatic imine (C=N–C) groups is 1. The van der Waals surface area contributed by atoms with Crippen molar-refractivity contribution in [2.75, 3.05) is 24.2 Å². The largest absolute Gasteiger partial charge is 0.373 e. The van der Waals surface area contributed by atoms with E-state index in [9.17, 15) is 26.3 Å². The second kappa shape index (κ2) is 9.45. The number of alkyl halides is 6. The zero-order valence-corrected chi connectivity index (χ0v) is 19.6. The molecule has 0 aromatic carbocycles. The van der Waals surface area contributed by atoms with Gasteiger partial charge in [0.1, 0.15) is 11.4 Å². The number of rotatable bonds is 6. The summed E-state index contributed by atoms with van der Waals surface area (Å²) in [4.78, 5) is 18.6. The van der Waals surface area contributed by atoms with Crippen molar-refractivity contribution in [2.45, 2.75) is 88.1 Å². The summed E-state index contributed by atoms with van der Waals surface area (Å²) in [6, 6.07) is -0.596. The Morgan fingerprint density at radius 1 is 0.857 bits per heavy atom. The number of hydrogen-bond donors (Lipinski definition) is 2. The molecule has 1 aliphatic heterocycles. The molecule has 0 saturated heterocycles. The van der Waals surface area contributed by atoms with Crippen molar-refractivity contribution < 1.29 is 26.3 Å². The van der Waals surface area contributed by atoms with Gasteiger partial charge >= 0.3 is 0 Å². The summed E-state index contributed by atoms with van der Waals surface area (Å²) in [6.07, 6.45) is 1.32. The Labute approximate surface area is 199 Å². The van der Waals surface area contributed by atoms with Gasteiger partial charge in [-0.2, -0.15) is 15.0 Å². The van der Waals surface area contributed by atoms with Gasteiger partial charge in [-0.3, -0.25) is 0 Å². The number of hydrogen-bond acceptors (Lipinski definition) is 7. The average molecular weight is 506 g/mol. The monoisotopic (exact) mass is 505 g/mol. The molecule has 0 unspecified atom stereocenters. The normalized spacial score (nSPS) is 23.5. The molecule has 4 rings (SSSR count). The fraction of sp³-hybridized carbons (Fsp3) is 0.727. The Hall–Kier alpha value is -2.60. The molecule has 35 heavy (non-hydrogen) atoms. The maximum Gasteiger partial charge on any atom is 0.285 e. The highest BCUT2D eigenvalue weighted by atomic mass is 19.3. The Morgan fingerprint density at radius 2 is 1.31 bits per heavy atom. The molecule has 194 valence electrons. The van der Waals surface area contributed by atoms with Gasteiger partial charge in [-0.25, -0.2) is 31.3 Å². The Morgan fingerprint density at radius 3 is 1.74 bits per heavy atom. The van der Waals surface area contributed by atoms with Crippen LogP contribution in [0.2, 0.25) is 0 Å².